The summed E-state index contributed by atoms with van der Waals surface area (Å²) in [7, 11) is 3.49. The Labute approximate surface area is 81.8 Å². The van der Waals surface area contributed by atoms with E-state index in [1.807, 2.05) is 0 Å². The molecule has 0 radical (unpaired) electrons. The number of rotatable bonds is 8. The molecule has 3 heteroatoms. The van der Waals surface area contributed by atoms with Gasteiger partial charge in [0.05, 0.1) is 5.60 Å². The molecular formula is C10H23NO2. The first kappa shape index (κ1) is 12.9. The van der Waals surface area contributed by atoms with Crippen molar-refractivity contribution in [3.05, 3.63) is 0 Å². The molecule has 0 unspecified atom stereocenters. The molecule has 0 saturated carbocycles. The summed E-state index contributed by atoms with van der Waals surface area (Å²) < 4.78 is 10.2. The van der Waals surface area contributed by atoms with Crippen molar-refractivity contribution in [2.75, 3.05) is 33.9 Å². The molecule has 0 rings (SSSR count). The highest BCUT2D eigenvalue weighted by atomic mass is 16.5. The zero-order chi connectivity index (χ0) is 10.2. The summed E-state index contributed by atoms with van der Waals surface area (Å²) in [5.41, 5.74) is -0.00570. The maximum atomic E-state index is 5.30. The maximum Gasteiger partial charge on any atom is 0.0634 e. The van der Waals surface area contributed by atoms with Crippen LogP contribution in [0.15, 0.2) is 0 Å². The van der Waals surface area contributed by atoms with E-state index in [2.05, 4.69) is 19.2 Å². The zero-order valence-electron chi connectivity index (χ0n) is 9.35. The predicted octanol–water partition coefficient (Wildman–Crippen LogP) is 1.43. The normalized spacial score (nSPS) is 12.0. The van der Waals surface area contributed by atoms with E-state index in [0.717, 1.165) is 32.5 Å². The molecule has 0 amide bonds. The molecule has 0 atom stereocenters. The molecule has 3 nitrogen and oxygen atoms in total. The highest BCUT2D eigenvalue weighted by Crippen LogP contribution is 2.10. The number of hydrogen-bond acceptors (Lipinski definition) is 3. The Hall–Kier alpha value is -0.120. The SMILES string of the molecule is COCCCNCCC(C)(C)OC. The van der Waals surface area contributed by atoms with Gasteiger partial charge in [0.2, 0.25) is 0 Å². The summed E-state index contributed by atoms with van der Waals surface area (Å²) in [6.45, 7) is 7.06. The first-order chi connectivity index (χ1) is 6.12. The fourth-order valence-electron chi connectivity index (χ4n) is 0.958. The van der Waals surface area contributed by atoms with Crippen molar-refractivity contribution >= 4 is 0 Å². The first-order valence-corrected chi connectivity index (χ1v) is 4.87. The lowest BCUT2D eigenvalue weighted by molar-refractivity contribution is 0.0158. The molecule has 80 valence electrons. The summed E-state index contributed by atoms with van der Waals surface area (Å²) in [4.78, 5) is 0. The number of ether oxygens (including phenoxy) is 2. The van der Waals surface area contributed by atoms with Crippen LogP contribution in [-0.2, 0) is 9.47 Å². The smallest absolute Gasteiger partial charge is 0.0634 e. The Kier molecular flexibility index (Phi) is 7.23. The van der Waals surface area contributed by atoms with E-state index in [-0.39, 0.29) is 5.60 Å². The van der Waals surface area contributed by atoms with E-state index in [1.54, 1.807) is 14.2 Å². The molecule has 0 saturated heterocycles. The fraction of sp³-hybridized carbons (Fsp3) is 1.00. The molecule has 0 bridgehead atoms. The molecular weight excluding hydrogens is 166 g/mol. The Balaban J connectivity index is 3.16. The van der Waals surface area contributed by atoms with Gasteiger partial charge in [0.1, 0.15) is 0 Å². The molecule has 0 spiro atoms. The van der Waals surface area contributed by atoms with Gasteiger partial charge >= 0.3 is 0 Å². The van der Waals surface area contributed by atoms with Gasteiger partial charge in [-0.1, -0.05) is 0 Å². The molecule has 1 N–H and O–H groups in total. The lowest BCUT2D eigenvalue weighted by atomic mass is 10.1. The number of hydrogen-bond donors (Lipinski definition) is 1. The van der Waals surface area contributed by atoms with Gasteiger partial charge < -0.3 is 14.8 Å². The van der Waals surface area contributed by atoms with Gasteiger partial charge in [0.25, 0.3) is 0 Å². The lowest BCUT2D eigenvalue weighted by Crippen LogP contribution is -2.29. The van der Waals surface area contributed by atoms with Gasteiger partial charge in [-0.05, 0) is 39.8 Å². The largest absolute Gasteiger partial charge is 0.385 e. The highest BCUT2D eigenvalue weighted by molar-refractivity contribution is 4.68. The van der Waals surface area contributed by atoms with Crippen LogP contribution in [0, 0.1) is 0 Å². The second kappa shape index (κ2) is 7.30. The van der Waals surface area contributed by atoms with Gasteiger partial charge in [-0.25, -0.2) is 0 Å². The van der Waals surface area contributed by atoms with E-state index in [9.17, 15) is 0 Å². The average Bonchev–Trinajstić information content (AvgIpc) is 2.11. The molecule has 0 aliphatic heterocycles. The number of methoxy groups -OCH3 is 2. The third-order valence-electron chi connectivity index (χ3n) is 2.16. The van der Waals surface area contributed by atoms with Crippen molar-refractivity contribution in [3.63, 3.8) is 0 Å². The van der Waals surface area contributed by atoms with Gasteiger partial charge in [0.15, 0.2) is 0 Å². The highest BCUT2D eigenvalue weighted by Gasteiger charge is 2.14. The standard InChI is InChI=1S/C10H23NO2/c1-10(2,13-4)6-8-11-7-5-9-12-3/h11H,5-9H2,1-4H3. The van der Waals surface area contributed by atoms with E-state index < -0.39 is 0 Å². The minimum absolute atomic E-state index is 0.00570. The van der Waals surface area contributed by atoms with Crippen molar-refractivity contribution in [3.8, 4) is 0 Å². The van der Waals surface area contributed by atoms with Crippen LogP contribution < -0.4 is 5.32 Å². The van der Waals surface area contributed by atoms with Crippen LogP contribution in [0.1, 0.15) is 26.7 Å². The summed E-state index contributed by atoms with van der Waals surface area (Å²) in [5, 5.41) is 3.35. The summed E-state index contributed by atoms with van der Waals surface area (Å²) in [6, 6.07) is 0. The minimum Gasteiger partial charge on any atom is -0.385 e. The summed E-state index contributed by atoms with van der Waals surface area (Å²) >= 11 is 0. The van der Waals surface area contributed by atoms with Crippen LogP contribution in [0.2, 0.25) is 0 Å². The van der Waals surface area contributed by atoms with Crippen molar-refractivity contribution in [2.24, 2.45) is 0 Å². The van der Waals surface area contributed by atoms with Crippen molar-refractivity contribution < 1.29 is 9.47 Å². The van der Waals surface area contributed by atoms with Gasteiger partial charge in [0, 0.05) is 20.8 Å². The fourth-order valence-corrected chi connectivity index (χ4v) is 0.958. The molecule has 0 aliphatic carbocycles. The van der Waals surface area contributed by atoms with Crippen molar-refractivity contribution in [2.45, 2.75) is 32.3 Å². The molecule has 0 aromatic carbocycles. The van der Waals surface area contributed by atoms with Gasteiger partial charge in [-0.3, -0.25) is 0 Å². The van der Waals surface area contributed by atoms with Crippen LogP contribution >= 0.6 is 0 Å². The van der Waals surface area contributed by atoms with Gasteiger partial charge in [-0.2, -0.15) is 0 Å². The topological polar surface area (TPSA) is 30.5 Å². The Morgan fingerprint density at radius 1 is 1.15 bits per heavy atom. The second-order valence-corrected chi connectivity index (χ2v) is 3.81. The molecule has 0 aliphatic rings. The molecule has 0 fully saturated rings. The Morgan fingerprint density at radius 3 is 2.38 bits per heavy atom. The average molecular weight is 189 g/mol. The van der Waals surface area contributed by atoms with Crippen LogP contribution in [0.5, 0.6) is 0 Å². The third kappa shape index (κ3) is 8.22. The third-order valence-corrected chi connectivity index (χ3v) is 2.16. The Bertz CT molecular complexity index is 115. The van der Waals surface area contributed by atoms with E-state index >= 15 is 0 Å². The summed E-state index contributed by atoms with van der Waals surface area (Å²) in [5.74, 6) is 0. The molecule has 0 heterocycles. The van der Waals surface area contributed by atoms with Crippen LogP contribution in [0.3, 0.4) is 0 Å². The molecule has 0 aromatic heterocycles. The first-order valence-electron chi connectivity index (χ1n) is 4.87. The van der Waals surface area contributed by atoms with Crippen molar-refractivity contribution in [1.29, 1.82) is 0 Å². The summed E-state index contributed by atoms with van der Waals surface area (Å²) in [6.07, 6.45) is 2.11. The number of nitrogens with one attached hydrogen (secondary N) is 1. The predicted molar refractivity (Wildman–Crippen MR) is 55.1 cm³/mol. The van der Waals surface area contributed by atoms with E-state index in [0.29, 0.717) is 0 Å². The van der Waals surface area contributed by atoms with Crippen LogP contribution in [0.4, 0.5) is 0 Å². The maximum absolute atomic E-state index is 5.30. The lowest BCUT2D eigenvalue weighted by Gasteiger charge is -2.22. The van der Waals surface area contributed by atoms with Crippen LogP contribution in [-0.4, -0.2) is 39.5 Å². The quantitative estimate of drug-likeness (QED) is 0.586. The zero-order valence-corrected chi connectivity index (χ0v) is 9.35. The van der Waals surface area contributed by atoms with Crippen LogP contribution in [0.25, 0.3) is 0 Å². The van der Waals surface area contributed by atoms with E-state index in [1.165, 1.54) is 0 Å². The van der Waals surface area contributed by atoms with Gasteiger partial charge in [-0.15, -0.1) is 0 Å². The Morgan fingerprint density at radius 2 is 1.85 bits per heavy atom. The minimum atomic E-state index is -0.00570. The molecule has 13 heavy (non-hydrogen) atoms. The van der Waals surface area contributed by atoms with E-state index in [4.69, 9.17) is 9.47 Å². The van der Waals surface area contributed by atoms with Crippen molar-refractivity contribution in [1.82, 2.24) is 5.32 Å². The molecule has 0 aromatic rings. The second-order valence-electron chi connectivity index (χ2n) is 3.81. The monoisotopic (exact) mass is 189 g/mol.